The number of aromatic nitrogens is 2. The van der Waals surface area contributed by atoms with Crippen LogP contribution in [0, 0.1) is 10.1 Å². The Labute approximate surface area is 164 Å². The number of hydrogen-bond donors (Lipinski definition) is 0. The van der Waals surface area contributed by atoms with Gasteiger partial charge in [0.25, 0.3) is 11.6 Å². The van der Waals surface area contributed by atoms with E-state index >= 15 is 0 Å². The number of carbonyl (C=O) groups is 1. The second-order valence-electron chi connectivity index (χ2n) is 6.29. The Balaban J connectivity index is 1.45. The van der Waals surface area contributed by atoms with Gasteiger partial charge in [0.05, 0.1) is 10.5 Å². The highest BCUT2D eigenvalue weighted by atomic mass is 16.6. The number of non-ortho nitro benzene ring substituents is 1. The van der Waals surface area contributed by atoms with Crippen molar-refractivity contribution in [3.63, 3.8) is 0 Å². The standard InChI is InChI=1S/C20H15N3O6/c1-12(28-20(24)15-10-14-4-2-3-5-17(14)27-11-15)18-21-22-19(29-18)13-6-8-16(9-7-13)23(25)26/h2-10,12H,11H2,1H3/t12-/m0/s1. The van der Waals surface area contributed by atoms with E-state index in [2.05, 4.69) is 10.2 Å². The molecule has 0 N–H and O–H groups in total. The molecule has 9 heteroatoms. The molecule has 3 aromatic rings. The van der Waals surface area contributed by atoms with Crippen molar-refractivity contribution in [2.45, 2.75) is 13.0 Å². The van der Waals surface area contributed by atoms with Crippen LogP contribution in [0.5, 0.6) is 5.75 Å². The molecule has 2 heterocycles. The second kappa shape index (κ2) is 7.55. The molecular formula is C20H15N3O6. The first-order valence-corrected chi connectivity index (χ1v) is 8.73. The average molecular weight is 393 g/mol. The lowest BCUT2D eigenvalue weighted by molar-refractivity contribution is -0.384. The zero-order chi connectivity index (χ0) is 20.4. The van der Waals surface area contributed by atoms with Crippen LogP contribution in [-0.2, 0) is 9.53 Å². The fraction of sp³-hybridized carbons (Fsp3) is 0.150. The summed E-state index contributed by atoms with van der Waals surface area (Å²) in [6, 6.07) is 13.1. The van der Waals surface area contributed by atoms with Gasteiger partial charge in [0.1, 0.15) is 12.4 Å². The van der Waals surface area contributed by atoms with Gasteiger partial charge in [-0.25, -0.2) is 4.79 Å². The van der Waals surface area contributed by atoms with E-state index in [4.69, 9.17) is 13.9 Å². The molecule has 1 aliphatic heterocycles. The van der Waals surface area contributed by atoms with Crippen LogP contribution in [0.15, 0.2) is 58.5 Å². The van der Waals surface area contributed by atoms with Crippen LogP contribution >= 0.6 is 0 Å². The lowest BCUT2D eigenvalue weighted by Crippen LogP contribution is -2.18. The van der Waals surface area contributed by atoms with Crippen molar-refractivity contribution in [2.75, 3.05) is 6.61 Å². The van der Waals surface area contributed by atoms with Crippen LogP contribution in [0.2, 0.25) is 0 Å². The molecule has 0 spiro atoms. The number of nitrogens with zero attached hydrogens (tertiary/aromatic N) is 3. The van der Waals surface area contributed by atoms with Gasteiger partial charge in [0.2, 0.25) is 5.89 Å². The molecule has 0 amide bonds. The van der Waals surface area contributed by atoms with Crippen LogP contribution in [-0.4, -0.2) is 27.7 Å². The number of para-hydroxylation sites is 1. The minimum Gasteiger partial charge on any atom is -0.488 e. The number of rotatable bonds is 5. The smallest absolute Gasteiger partial charge is 0.338 e. The summed E-state index contributed by atoms with van der Waals surface area (Å²) in [5.41, 5.74) is 1.66. The second-order valence-corrected chi connectivity index (χ2v) is 6.29. The first-order chi connectivity index (χ1) is 14.0. The Kier molecular flexibility index (Phi) is 4.78. The van der Waals surface area contributed by atoms with Crippen LogP contribution in [0.25, 0.3) is 17.5 Å². The zero-order valence-corrected chi connectivity index (χ0v) is 15.3. The van der Waals surface area contributed by atoms with Crippen molar-refractivity contribution in [3.8, 4) is 17.2 Å². The van der Waals surface area contributed by atoms with Gasteiger partial charge in [0, 0.05) is 23.3 Å². The highest BCUT2D eigenvalue weighted by Crippen LogP contribution is 2.28. The number of benzene rings is 2. The van der Waals surface area contributed by atoms with E-state index in [9.17, 15) is 14.9 Å². The molecule has 2 aromatic carbocycles. The number of nitro benzene ring substituents is 1. The van der Waals surface area contributed by atoms with Crippen molar-refractivity contribution >= 4 is 17.7 Å². The first kappa shape index (κ1) is 18.4. The highest BCUT2D eigenvalue weighted by molar-refractivity contribution is 5.95. The Bertz CT molecular complexity index is 1100. The molecule has 0 radical (unpaired) electrons. The summed E-state index contributed by atoms with van der Waals surface area (Å²) in [5, 5.41) is 18.6. The Hall–Kier alpha value is -4.01. The van der Waals surface area contributed by atoms with Gasteiger partial charge in [-0.2, -0.15) is 0 Å². The van der Waals surface area contributed by atoms with Gasteiger partial charge in [-0.05, 0) is 31.2 Å². The third-order valence-electron chi connectivity index (χ3n) is 4.29. The number of ether oxygens (including phenoxy) is 2. The molecule has 1 atom stereocenters. The molecule has 146 valence electrons. The fourth-order valence-corrected chi connectivity index (χ4v) is 2.76. The maximum atomic E-state index is 12.4. The lowest BCUT2D eigenvalue weighted by Gasteiger charge is -2.18. The predicted octanol–water partition coefficient (Wildman–Crippen LogP) is 3.73. The number of nitro groups is 1. The fourth-order valence-electron chi connectivity index (χ4n) is 2.76. The molecule has 4 rings (SSSR count). The minimum absolute atomic E-state index is 0.0414. The van der Waals surface area contributed by atoms with Crippen molar-refractivity contribution < 1.29 is 23.6 Å². The van der Waals surface area contributed by atoms with Crippen LogP contribution in [0.3, 0.4) is 0 Å². The Morgan fingerprint density at radius 2 is 1.93 bits per heavy atom. The summed E-state index contributed by atoms with van der Waals surface area (Å²) in [6.07, 6.45) is 0.948. The predicted molar refractivity (Wildman–Crippen MR) is 101 cm³/mol. The summed E-state index contributed by atoms with van der Waals surface area (Å²) in [6.45, 7) is 1.73. The van der Waals surface area contributed by atoms with Crippen molar-refractivity contribution in [1.29, 1.82) is 0 Å². The Morgan fingerprint density at radius 1 is 1.17 bits per heavy atom. The number of esters is 1. The number of hydrogen-bond acceptors (Lipinski definition) is 8. The van der Waals surface area contributed by atoms with Crippen molar-refractivity contribution in [2.24, 2.45) is 0 Å². The monoisotopic (exact) mass is 393 g/mol. The maximum absolute atomic E-state index is 12.4. The van der Waals surface area contributed by atoms with E-state index in [1.165, 1.54) is 24.3 Å². The molecular weight excluding hydrogens is 378 g/mol. The van der Waals surface area contributed by atoms with E-state index in [1.54, 1.807) is 13.0 Å². The van der Waals surface area contributed by atoms with Gasteiger partial charge >= 0.3 is 5.97 Å². The molecule has 0 saturated carbocycles. The number of carbonyl (C=O) groups excluding carboxylic acids is 1. The summed E-state index contributed by atoms with van der Waals surface area (Å²) >= 11 is 0. The SMILES string of the molecule is C[C@H](OC(=O)C1=Cc2ccccc2OC1)c1nnc(-c2ccc([N+](=O)[O-])cc2)o1. The molecule has 0 bridgehead atoms. The molecule has 29 heavy (non-hydrogen) atoms. The highest BCUT2D eigenvalue weighted by Gasteiger charge is 2.24. The van der Waals surface area contributed by atoms with Gasteiger partial charge in [-0.1, -0.05) is 18.2 Å². The summed E-state index contributed by atoms with van der Waals surface area (Å²) < 4.78 is 16.5. The topological polar surface area (TPSA) is 118 Å². The van der Waals surface area contributed by atoms with Crippen LogP contribution < -0.4 is 4.74 Å². The lowest BCUT2D eigenvalue weighted by atomic mass is 10.1. The zero-order valence-electron chi connectivity index (χ0n) is 15.3. The van der Waals surface area contributed by atoms with E-state index < -0.39 is 17.0 Å². The first-order valence-electron chi connectivity index (χ1n) is 8.73. The summed E-state index contributed by atoms with van der Waals surface area (Å²) in [7, 11) is 0. The number of fused-ring (bicyclic) bond motifs is 1. The molecule has 9 nitrogen and oxygen atoms in total. The molecule has 1 aromatic heterocycles. The van der Waals surface area contributed by atoms with E-state index in [-0.39, 0.29) is 24.1 Å². The molecule has 1 aliphatic rings. The van der Waals surface area contributed by atoms with E-state index in [0.29, 0.717) is 16.9 Å². The molecule has 0 aliphatic carbocycles. The van der Waals surface area contributed by atoms with Gasteiger partial charge in [0.15, 0.2) is 6.10 Å². The summed E-state index contributed by atoms with van der Waals surface area (Å²) in [4.78, 5) is 22.7. The Morgan fingerprint density at radius 3 is 2.69 bits per heavy atom. The van der Waals surface area contributed by atoms with Gasteiger partial charge in [-0.3, -0.25) is 10.1 Å². The molecule has 0 fully saturated rings. The van der Waals surface area contributed by atoms with Gasteiger partial charge < -0.3 is 13.9 Å². The van der Waals surface area contributed by atoms with Crippen LogP contribution in [0.1, 0.15) is 24.5 Å². The average Bonchev–Trinajstić information content (AvgIpc) is 3.24. The maximum Gasteiger partial charge on any atom is 0.338 e. The third-order valence-corrected chi connectivity index (χ3v) is 4.29. The van der Waals surface area contributed by atoms with E-state index in [1.807, 2.05) is 24.3 Å². The molecule has 0 unspecified atom stereocenters. The van der Waals surface area contributed by atoms with Gasteiger partial charge in [-0.15, -0.1) is 10.2 Å². The largest absolute Gasteiger partial charge is 0.488 e. The minimum atomic E-state index is -0.778. The quantitative estimate of drug-likeness (QED) is 0.366. The third kappa shape index (κ3) is 3.84. The van der Waals surface area contributed by atoms with Crippen molar-refractivity contribution in [3.05, 3.63) is 75.7 Å². The van der Waals surface area contributed by atoms with Crippen LogP contribution in [0.4, 0.5) is 5.69 Å². The van der Waals surface area contributed by atoms with E-state index in [0.717, 1.165) is 5.56 Å². The normalized spacial score (nSPS) is 13.6. The van der Waals surface area contributed by atoms with Crippen molar-refractivity contribution in [1.82, 2.24) is 10.2 Å². The summed E-state index contributed by atoms with van der Waals surface area (Å²) in [5.74, 6) is 0.459. The molecule has 0 saturated heterocycles.